The lowest BCUT2D eigenvalue weighted by molar-refractivity contribution is 0.395. The van der Waals surface area contributed by atoms with Gasteiger partial charge in [0, 0.05) is 28.7 Å². The Morgan fingerprint density at radius 2 is 2.11 bits per heavy atom. The lowest BCUT2D eigenvalue weighted by atomic mass is 10.0. The Morgan fingerprint density at radius 1 is 1.32 bits per heavy atom. The van der Waals surface area contributed by atoms with Crippen LogP contribution in [0.3, 0.4) is 0 Å². The van der Waals surface area contributed by atoms with Crippen LogP contribution in [-0.4, -0.2) is 24.1 Å². The molecule has 100 valence electrons. The summed E-state index contributed by atoms with van der Waals surface area (Å²) in [6.07, 6.45) is 2.30. The quantitative estimate of drug-likeness (QED) is 0.919. The summed E-state index contributed by atoms with van der Waals surface area (Å²) >= 11 is 3.58. The zero-order valence-electron chi connectivity index (χ0n) is 10.9. The molecular formula is C14H16BrN3O. The van der Waals surface area contributed by atoms with Crippen LogP contribution >= 0.6 is 15.9 Å². The Kier molecular flexibility index (Phi) is 4.87. The molecule has 1 aromatic heterocycles. The molecule has 0 saturated heterocycles. The molecule has 0 aliphatic carbocycles. The molecule has 1 N–H and O–H groups in total. The summed E-state index contributed by atoms with van der Waals surface area (Å²) in [4.78, 5) is 8.30. The van der Waals surface area contributed by atoms with E-state index in [0.717, 1.165) is 16.6 Å². The number of hydrogen-bond donors (Lipinski definition) is 1. The highest BCUT2D eigenvalue weighted by atomic mass is 79.9. The third-order valence-electron chi connectivity index (χ3n) is 2.95. The first-order valence-electron chi connectivity index (χ1n) is 6.01. The first-order valence-corrected chi connectivity index (χ1v) is 6.80. The van der Waals surface area contributed by atoms with E-state index in [-0.39, 0.29) is 6.04 Å². The van der Waals surface area contributed by atoms with Gasteiger partial charge in [0.1, 0.15) is 6.33 Å². The van der Waals surface area contributed by atoms with E-state index in [1.165, 1.54) is 11.9 Å². The van der Waals surface area contributed by atoms with Crippen LogP contribution in [0.5, 0.6) is 5.88 Å². The second kappa shape index (κ2) is 6.63. The number of hydrogen-bond acceptors (Lipinski definition) is 4. The van der Waals surface area contributed by atoms with Crippen LogP contribution in [0.4, 0.5) is 0 Å². The maximum Gasteiger partial charge on any atom is 0.216 e. The topological polar surface area (TPSA) is 47.0 Å². The molecule has 4 nitrogen and oxygen atoms in total. The van der Waals surface area contributed by atoms with Crippen LogP contribution in [0.2, 0.25) is 0 Å². The van der Waals surface area contributed by atoms with Crippen molar-refractivity contribution in [2.75, 3.05) is 14.2 Å². The Labute approximate surface area is 121 Å². The molecule has 2 aromatic rings. The number of methoxy groups -OCH3 is 1. The minimum absolute atomic E-state index is 0.190. The molecule has 2 rings (SSSR count). The van der Waals surface area contributed by atoms with Crippen molar-refractivity contribution in [3.63, 3.8) is 0 Å². The van der Waals surface area contributed by atoms with E-state index in [1.54, 1.807) is 7.11 Å². The fourth-order valence-corrected chi connectivity index (χ4v) is 2.50. The van der Waals surface area contributed by atoms with E-state index >= 15 is 0 Å². The molecule has 0 aliphatic rings. The molecule has 0 radical (unpaired) electrons. The maximum absolute atomic E-state index is 5.12. The summed E-state index contributed by atoms with van der Waals surface area (Å²) < 4.78 is 6.21. The number of benzene rings is 1. The zero-order chi connectivity index (χ0) is 13.7. The Balaban J connectivity index is 2.21. The molecule has 0 saturated carbocycles. The van der Waals surface area contributed by atoms with Gasteiger partial charge in [-0.05, 0) is 18.7 Å². The highest BCUT2D eigenvalue weighted by Gasteiger charge is 2.14. The van der Waals surface area contributed by atoms with Crippen LogP contribution in [0.15, 0.2) is 41.1 Å². The molecule has 5 heteroatoms. The predicted octanol–water partition coefficient (Wildman–Crippen LogP) is 2.75. The van der Waals surface area contributed by atoms with Crippen LogP contribution < -0.4 is 10.1 Å². The van der Waals surface area contributed by atoms with Crippen molar-refractivity contribution in [1.29, 1.82) is 0 Å². The van der Waals surface area contributed by atoms with Crippen molar-refractivity contribution >= 4 is 15.9 Å². The first-order chi connectivity index (χ1) is 9.24. The lowest BCUT2D eigenvalue weighted by Gasteiger charge is -2.17. The van der Waals surface area contributed by atoms with Gasteiger partial charge < -0.3 is 10.1 Å². The molecule has 0 aliphatic heterocycles. The standard InChI is InChI=1S/C14H16BrN3O/c1-16-13(11-5-3-4-6-12(11)15)7-10-8-14(19-2)18-9-17-10/h3-6,8-9,13,16H,7H2,1-2H3. The highest BCUT2D eigenvalue weighted by molar-refractivity contribution is 9.10. The fourth-order valence-electron chi connectivity index (χ4n) is 1.93. The van der Waals surface area contributed by atoms with E-state index in [1.807, 2.05) is 31.3 Å². The summed E-state index contributed by atoms with van der Waals surface area (Å²) in [7, 11) is 3.55. The highest BCUT2D eigenvalue weighted by Crippen LogP contribution is 2.25. The van der Waals surface area contributed by atoms with Gasteiger partial charge in [-0.25, -0.2) is 9.97 Å². The van der Waals surface area contributed by atoms with Gasteiger partial charge in [-0.15, -0.1) is 0 Å². The van der Waals surface area contributed by atoms with Crippen molar-refractivity contribution in [1.82, 2.24) is 15.3 Å². The van der Waals surface area contributed by atoms with Crippen LogP contribution in [0.25, 0.3) is 0 Å². The number of nitrogens with one attached hydrogen (secondary N) is 1. The Bertz CT molecular complexity index is 548. The van der Waals surface area contributed by atoms with Crippen molar-refractivity contribution in [2.24, 2.45) is 0 Å². The van der Waals surface area contributed by atoms with Crippen LogP contribution in [0.1, 0.15) is 17.3 Å². The van der Waals surface area contributed by atoms with Gasteiger partial charge in [0.2, 0.25) is 5.88 Å². The number of ether oxygens (including phenoxy) is 1. The van der Waals surface area contributed by atoms with Gasteiger partial charge in [-0.2, -0.15) is 0 Å². The largest absolute Gasteiger partial charge is 0.481 e. The fraction of sp³-hybridized carbons (Fsp3) is 0.286. The SMILES string of the molecule is CNC(Cc1cc(OC)ncn1)c1ccccc1Br. The van der Waals surface area contributed by atoms with E-state index in [4.69, 9.17) is 4.74 Å². The van der Waals surface area contributed by atoms with Gasteiger partial charge in [0.05, 0.1) is 7.11 Å². The van der Waals surface area contributed by atoms with Crippen molar-refractivity contribution < 1.29 is 4.74 Å². The van der Waals surface area contributed by atoms with Crippen molar-refractivity contribution in [3.8, 4) is 5.88 Å². The average Bonchev–Trinajstić information content (AvgIpc) is 2.46. The van der Waals surface area contributed by atoms with Crippen LogP contribution in [-0.2, 0) is 6.42 Å². The summed E-state index contributed by atoms with van der Waals surface area (Å²) in [5, 5.41) is 3.31. The van der Waals surface area contributed by atoms with E-state index < -0.39 is 0 Å². The monoisotopic (exact) mass is 321 g/mol. The molecule has 1 unspecified atom stereocenters. The second-order valence-corrected chi connectivity index (χ2v) is 4.97. The number of rotatable bonds is 5. The van der Waals surface area contributed by atoms with E-state index in [9.17, 15) is 0 Å². The second-order valence-electron chi connectivity index (χ2n) is 4.12. The maximum atomic E-state index is 5.12. The van der Waals surface area contributed by atoms with Gasteiger partial charge in [0.15, 0.2) is 0 Å². The summed E-state index contributed by atoms with van der Waals surface area (Å²) in [5.41, 5.74) is 2.16. The third-order valence-corrected chi connectivity index (χ3v) is 3.67. The van der Waals surface area contributed by atoms with Gasteiger partial charge in [-0.3, -0.25) is 0 Å². The Hall–Kier alpha value is -1.46. The minimum atomic E-state index is 0.190. The number of likely N-dealkylation sites (N-methyl/N-ethyl adjacent to an activating group) is 1. The molecule has 0 amide bonds. The molecule has 0 bridgehead atoms. The third kappa shape index (κ3) is 3.52. The summed E-state index contributed by atoms with van der Waals surface area (Å²) in [6.45, 7) is 0. The van der Waals surface area contributed by atoms with Crippen LogP contribution in [0, 0.1) is 0 Å². The molecule has 19 heavy (non-hydrogen) atoms. The zero-order valence-corrected chi connectivity index (χ0v) is 12.5. The minimum Gasteiger partial charge on any atom is -0.481 e. The molecule has 0 spiro atoms. The molecular weight excluding hydrogens is 306 g/mol. The molecule has 1 heterocycles. The lowest BCUT2D eigenvalue weighted by Crippen LogP contribution is -2.19. The predicted molar refractivity (Wildman–Crippen MR) is 78.2 cm³/mol. The molecule has 0 fully saturated rings. The number of halogens is 1. The van der Waals surface area contributed by atoms with Gasteiger partial charge in [0.25, 0.3) is 0 Å². The van der Waals surface area contributed by atoms with Crippen molar-refractivity contribution in [3.05, 3.63) is 52.4 Å². The summed E-state index contributed by atoms with van der Waals surface area (Å²) in [6, 6.07) is 10.2. The number of aromatic nitrogens is 2. The smallest absolute Gasteiger partial charge is 0.216 e. The first kappa shape index (κ1) is 14.0. The number of nitrogens with zero attached hydrogens (tertiary/aromatic N) is 2. The van der Waals surface area contributed by atoms with Crippen molar-refractivity contribution in [2.45, 2.75) is 12.5 Å². The molecule has 1 atom stereocenters. The average molecular weight is 322 g/mol. The normalized spacial score (nSPS) is 12.2. The van der Waals surface area contributed by atoms with E-state index in [2.05, 4.69) is 37.3 Å². The van der Waals surface area contributed by atoms with Gasteiger partial charge >= 0.3 is 0 Å². The molecule has 1 aromatic carbocycles. The van der Waals surface area contributed by atoms with Gasteiger partial charge in [-0.1, -0.05) is 34.1 Å². The summed E-state index contributed by atoms with van der Waals surface area (Å²) in [5.74, 6) is 0.590. The van der Waals surface area contributed by atoms with E-state index in [0.29, 0.717) is 5.88 Å². The Morgan fingerprint density at radius 3 is 2.79 bits per heavy atom.